The van der Waals surface area contributed by atoms with E-state index in [1.54, 1.807) is 18.2 Å². The molecular formula is C17H22ClN3O2S. The third-order valence-electron chi connectivity index (χ3n) is 3.42. The van der Waals surface area contributed by atoms with Crippen LogP contribution in [-0.4, -0.2) is 26.5 Å². The van der Waals surface area contributed by atoms with Gasteiger partial charge >= 0.3 is 0 Å². The van der Waals surface area contributed by atoms with E-state index in [1.165, 1.54) is 18.3 Å². The Bertz CT molecular complexity index is 758. The molecule has 2 rings (SSSR count). The zero-order chi connectivity index (χ0) is 17.6. The summed E-state index contributed by atoms with van der Waals surface area (Å²) in [5.74, 6) is 0.851. The van der Waals surface area contributed by atoms with Gasteiger partial charge in [-0.15, -0.1) is 0 Å². The molecule has 5 nitrogen and oxygen atoms in total. The maximum absolute atomic E-state index is 12.4. The molecule has 24 heavy (non-hydrogen) atoms. The highest BCUT2D eigenvalue weighted by atomic mass is 35.5. The van der Waals surface area contributed by atoms with Crippen LogP contribution in [0, 0.1) is 0 Å². The van der Waals surface area contributed by atoms with E-state index in [9.17, 15) is 8.42 Å². The first-order chi connectivity index (χ1) is 11.5. The Balaban J connectivity index is 2.16. The van der Waals surface area contributed by atoms with Crippen molar-refractivity contribution in [3.05, 3.63) is 47.6 Å². The first-order valence-electron chi connectivity index (χ1n) is 7.95. The first kappa shape index (κ1) is 18.5. The summed E-state index contributed by atoms with van der Waals surface area (Å²) in [5, 5.41) is 0.376. The monoisotopic (exact) mass is 367 g/mol. The van der Waals surface area contributed by atoms with E-state index in [0.29, 0.717) is 10.7 Å². The molecule has 0 spiro atoms. The zero-order valence-corrected chi connectivity index (χ0v) is 15.4. The van der Waals surface area contributed by atoms with Crippen molar-refractivity contribution in [3.63, 3.8) is 0 Å². The van der Waals surface area contributed by atoms with Crippen molar-refractivity contribution in [2.75, 3.05) is 22.7 Å². The molecule has 0 atom stereocenters. The summed E-state index contributed by atoms with van der Waals surface area (Å²) in [4.78, 5) is 6.70. The fourth-order valence-corrected chi connectivity index (χ4v) is 3.71. The molecule has 1 aromatic heterocycles. The van der Waals surface area contributed by atoms with Crippen LogP contribution in [-0.2, 0) is 10.0 Å². The van der Waals surface area contributed by atoms with Crippen LogP contribution >= 0.6 is 11.6 Å². The predicted octanol–water partition coefficient (Wildman–Crippen LogP) is 4.16. The molecule has 1 heterocycles. The smallest absolute Gasteiger partial charge is 0.261 e. The van der Waals surface area contributed by atoms with E-state index in [2.05, 4.69) is 28.5 Å². The Morgan fingerprint density at radius 3 is 2.38 bits per heavy atom. The topological polar surface area (TPSA) is 62.3 Å². The fourth-order valence-electron chi connectivity index (χ4n) is 2.36. The zero-order valence-electron chi connectivity index (χ0n) is 13.9. The summed E-state index contributed by atoms with van der Waals surface area (Å²) in [6.45, 7) is 6.09. The number of hydrogen-bond donors (Lipinski definition) is 1. The largest absolute Gasteiger partial charge is 0.357 e. The third-order valence-corrected chi connectivity index (χ3v) is 5.03. The molecule has 0 aliphatic rings. The number of anilines is 2. The van der Waals surface area contributed by atoms with E-state index in [1.807, 2.05) is 6.07 Å². The summed E-state index contributed by atoms with van der Waals surface area (Å²) in [7, 11) is -3.68. The van der Waals surface area contributed by atoms with Crippen molar-refractivity contribution in [3.8, 4) is 0 Å². The van der Waals surface area contributed by atoms with Crippen molar-refractivity contribution in [1.29, 1.82) is 0 Å². The Morgan fingerprint density at radius 1 is 1.12 bits per heavy atom. The van der Waals surface area contributed by atoms with Crippen molar-refractivity contribution < 1.29 is 8.42 Å². The van der Waals surface area contributed by atoms with Crippen LogP contribution in [0.15, 0.2) is 47.5 Å². The van der Waals surface area contributed by atoms with Crippen molar-refractivity contribution in [2.45, 2.75) is 31.6 Å². The maximum Gasteiger partial charge on any atom is 0.261 e. The lowest BCUT2D eigenvalue weighted by atomic mass is 10.3. The number of rotatable bonds is 8. The Labute approximate surface area is 148 Å². The van der Waals surface area contributed by atoms with E-state index in [4.69, 9.17) is 11.6 Å². The number of aromatic nitrogens is 1. The SMILES string of the molecule is CCCN(CCC)c1ccc(NS(=O)(=O)c2cccc(Cl)c2)cn1. The molecule has 0 saturated heterocycles. The van der Waals surface area contributed by atoms with E-state index >= 15 is 0 Å². The van der Waals surface area contributed by atoms with Gasteiger partial charge in [-0.1, -0.05) is 31.5 Å². The average Bonchev–Trinajstić information content (AvgIpc) is 2.55. The molecule has 0 unspecified atom stereocenters. The lowest BCUT2D eigenvalue weighted by Gasteiger charge is -2.22. The number of nitrogens with zero attached hydrogens (tertiary/aromatic N) is 2. The second-order valence-electron chi connectivity index (χ2n) is 5.45. The Morgan fingerprint density at radius 2 is 1.83 bits per heavy atom. The summed E-state index contributed by atoms with van der Waals surface area (Å²) in [5.41, 5.74) is 0.423. The van der Waals surface area contributed by atoms with Gasteiger partial charge < -0.3 is 4.90 Å². The minimum absolute atomic E-state index is 0.123. The molecule has 7 heteroatoms. The number of nitrogens with one attached hydrogen (secondary N) is 1. The van der Waals surface area contributed by atoms with Gasteiger partial charge in [0, 0.05) is 18.1 Å². The lowest BCUT2D eigenvalue weighted by Crippen LogP contribution is -2.25. The molecule has 0 fully saturated rings. The maximum atomic E-state index is 12.4. The summed E-state index contributed by atoms with van der Waals surface area (Å²) in [6, 6.07) is 9.71. The fraction of sp³-hybridized carbons (Fsp3) is 0.353. The first-order valence-corrected chi connectivity index (χ1v) is 9.81. The van der Waals surface area contributed by atoms with Crippen LogP contribution in [0.1, 0.15) is 26.7 Å². The minimum Gasteiger partial charge on any atom is -0.357 e. The molecule has 0 aliphatic carbocycles. The van der Waals surface area contributed by atoms with Gasteiger partial charge in [-0.05, 0) is 43.2 Å². The number of sulfonamides is 1. The number of halogens is 1. The highest BCUT2D eigenvalue weighted by molar-refractivity contribution is 7.92. The van der Waals surface area contributed by atoms with Gasteiger partial charge in [-0.3, -0.25) is 4.72 Å². The summed E-state index contributed by atoms with van der Waals surface area (Å²) < 4.78 is 27.3. The number of hydrogen-bond acceptors (Lipinski definition) is 4. The van der Waals surface area contributed by atoms with Crippen LogP contribution in [0.3, 0.4) is 0 Å². The summed E-state index contributed by atoms with van der Waals surface area (Å²) >= 11 is 5.86. The van der Waals surface area contributed by atoms with Crippen molar-refractivity contribution in [1.82, 2.24) is 4.98 Å². The standard InChI is InChI=1S/C17H22ClN3O2S/c1-3-10-21(11-4-2)17-9-8-15(13-19-17)20-24(22,23)16-7-5-6-14(18)12-16/h5-9,12-13,20H,3-4,10-11H2,1-2H3. The molecule has 0 radical (unpaired) electrons. The van der Waals surface area contributed by atoms with Gasteiger partial charge in [0.15, 0.2) is 0 Å². The van der Waals surface area contributed by atoms with Gasteiger partial charge in [-0.2, -0.15) is 0 Å². The van der Waals surface area contributed by atoms with Crippen LogP contribution < -0.4 is 9.62 Å². The van der Waals surface area contributed by atoms with E-state index in [-0.39, 0.29) is 4.90 Å². The average molecular weight is 368 g/mol. The summed E-state index contributed by atoms with van der Waals surface area (Å²) in [6.07, 6.45) is 3.60. The van der Waals surface area contributed by atoms with Gasteiger partial charge in [0.2, 0.25) is 0 Å². The number of pyridine rings is 1. The second kappa shape index (κ2) is 8.35. The molecular weight excluding hydrogens is 346 g/mol. The van der Waals surface area contributed by atoms with Crippen LogP contribution in [0.2, 0.25) is 5.02 Å². The quantitative estimate of drug-likeness (QED) is 0.760. The third kappa shape index (κ3) is 4.85. The number of benzene rings is 1. The minimum atomic E-state index is -3.68. The Kier molecular flexibility index (Phi) is 6.45. The van der Waals surface area contributed by atoms with Gasteiger partial charge in [0.1, 0.15) is 5.82 Å². The lowest BCUT2D eigenvalue weighted by molar-refractivity contribution is 0.601. The van der Waals surface area contributed by atoms with Crippen molar-refractivity contribution in [2.24, 2.45) is 0 Å². The molecule has 0 bridgehead atoms. The van der Waals surface area contributed by atoms with E-state index < -0.39 is 10.0 Å². The van der Waals surface area contributed by atoms with Gasteiger partial charge in [0.25, 0.3) is 10.0 Å². The van der Waals surface area contributed by atoms with Crippen LogP contribution in [0.4, 0.5) is 11.5 Å². The van der Waals surface area contributed by atoms with Gasteiger partial charge in [-0.25, -0.2) is 13.4 Å². The van der Waals surface area contributed by atoms with Crippen LogP contribution in [0.25, 0.3) is 0 Å². The molecule has 0 amide bonds. The van der Waals surface area contributed by atoms with Crippen molar-refractivity contribution >= 4 is 33.1 Å². The van der Waals surface area contributed by atoms with Gasteiger partial charge in [0.05, 0.1) is 16.8 Å². The molecule has 0 saturated carbocycles. The molecule has 130 valence electrons. The molecule has 1 N–H and O–H groups in total. The predicted molar refractivity (Wildman–Crippen MR) is 99.3 cm³/mol. The second-order valence-corrected chi connectivity index (χ2v) is 7.57. The molecule has 2 aromatic rings. The molecule has 1 aromatic carbocycles. The van der Waals surface area contributed by atoms with Crippen LogP contribution in [0.5, 0.6) is 0 Å². The van der Waals surface area contributed by atoms with E-state index in [0.717, 1.165) is 31.7 Å². The normalized spacial score (nSPS) is 11.3. The highest BCUT2D eigenvalue weighted by Crippen LogP contribution is 2.20. The highest BCUT2D eigenvalue weighted by Gasteiger charge is 2.15. The molecule has 0 aliphatic heterocycles. The Hall–Kier alpha value is -1.79.